The van der Waals surface area contributed by atoms with Crippen molar-refractivity contribution in [1.82, 2.24) is 5.16 Å². The molecule has 1 aromatic heterocycles. The van der Waals surface area contributed by atoms with E-state index in [1.54, 1.807) is 25.1 Å². The van der Waals surface area contributed by atoms with Crippen molar-refractivity contribution >= 4 is 34.8 Å². The van der Waals surface area contributed by atoms with Crippen LogP contribution < -0.4 is 10.1 Å². The molecule has 0 aliphatic carbocycles. The number of ether oxygens (including phenoxy) is 1. The number of hydrogen-bond donors (Lipinski definition) is 1. The van der Waals surface area contributed by atoms with E-state index in [9.17, 15) is 9.18 Å². The lowest BCUT2D eigenvalue weighted by Crippen LogP contribution is -2.16. The molecule has 2 aromatic carbocycles. The van der Waals surface area contributed by atoms with E-state index in [-0.39, 0.29) is 23.8 Å². The van der Waals surface area contributed by atoms with Crippen molar-refractivity contribution in [3.8, 4) is 5.75 Å². The number of nitrogens with zero attached hydrogens (tertiary/aromatic N) is 1. The molecule has 0 radical (unpaired) electrons. The van der Waals surface area contributed by atoms with Gasteiger partial charge in [0.25, 0.3) is 5.91 Å². The van der Waals surface area contributed by atoms with E-state index in [1.165, 1.54) is 24.3 Å². The van der Waals surface area contributed by atoms with Crippen LogP contribution in [-0.2, 0) is 6.61 Å². The summed E-state index contributed by atoms with van der Waals surface area (Å²) >= 11 is 12.1. The third kappa shape index (κ3) is 3.98. The highest BCUT2D eigenvalue weighted by Crippen LogP contribution is 2.30. The summed E-state index contributed by atoms with van der Waals surface area (Å²) in [5.74, 6) is -0.0141. The van der Waals surface area contributed by atoms with Crippen molar-refractivity contribution in [3.05, 3.63) is 75.3 Å². The van der Waals surface area contributed by atoms with Crippen LogP contribution in [0.3, 0.4) is 0 Å². The Hall–Kier alpha value is -2.57. The number of para-hydroxylation sites is 1. The first-order valence-corrected chi connectivity index (χ1v) is 8.30. The van der Waals surface area contributed by atoms with E-state index in [4.69, 9.17) is 32.5 Å². The van der Waals surface area contributed by atoms with Crippen LogP contribution in [-0.4, -0.2) is 11.1 Å². The average molecular weight is 395 g/mol. The normalized spacial score (nSPS) is 10.6. The number of carbonyl (C=O) groups is 1. The minimum atomic E-state index is -0.533. The molecule has 3 rings (SSSR count). The highest BCUT2D eigenvalue weighted by atomic mass is 35.5. The summed E-state index contributed by atoms with van der Waals surface area (Å²) < 4.78 is 23.6. The number of rotatable bonds is 5. The lowest BCUT2D eigenvalue weighted by Gasteiger charge is -2.09. The zero-order valence-electron chi connectivity index (χ0n) is 13.6. The van der Waals surface area contributed by atoms with Crippen molar-refractivity contribution in [2.75, 3.05) is 5.32 Å². The van der Waals surface area contributed by atoms with Crippen LogP contribution in [0.4, 0.5) is 10.1 Å². The molecule has 1 amide bonds. The molecule has 0 saturated carbocycles. The van der Waals surface area contributed by atoms with E-state index in [0.29, 0.717) is 27.1 Å². The smallest absolute Gasteiger partial charge is 0.278 e. The molecule has 0 aliphatic rings. The van der Waals surface area contributed by atoms with Crippen molar-refractivity contribution in [2.45, 2.75) is 13.5 Å². The number of amides is 1. The SMILES string of the molecule is Cc1onc(C(=O)Nc2c(Cl)cccc2Cl)c1COc1ccc(F)cc1. The topological polar surface area (TPSA) is 64.4 Å². The van der Waals surface area contributed by atoms with Crippen molar-refractivity contribution in [1.29, 1.82) is 0 Å². The first-order chi connectivity index (χ1) is 12.5. The van der Waals surface area contributed by atoms with Crippen LogP contribution in [0.25, 0.3) is 0 Å². The van der Waals surface area contributed by atoms with Gasteiger partial charge in [-0.1, -0.05) is 34.4 Å². The molecule has 0 spiro atoms. The quantitative estimate of drug-likeness (QED) is 0.640. The number of carbonyl (C=O) groups excluding carboxylic acids is 1. The standard InChI is InChI=1S/C18H13Cl2FN2O3/c1-10-13(9-25-12-7-5-11(21)6-8-12)16(23-26-10)18(24)22-17-14(19)3-2-4-15(17)20/h2-8H,9H2,1H3,(H,22,24). The minimum Gasteiger partial charge on any atom is -0.489 e. The maximum Gasteiger partial charge on any atom is 0.278 e. The molecule has 1 heterocycles. The van der Waals surface area contributed by atoms with E-state index >= 15 is 0 Å². The molecule has 3 aromatic rings. The first kappa shape index (κ1) is 18.2. The van der Waals surface area contributed by atoms with Gasteiger partial charge in [0.05, 0.1) is 21.3 Å². The van der Waals surface area contributed by atoms with Gasteiger partial charge in [0.1, 0.15) is 23.9 Å². The maximum atomic E-state index is 13.0. The van der Waals surface area contributed by atoms with E-state index in [1.807, 2.05) is 0 Å². The predicted octanol–water partition coefficient (Wildman–Crippen LogP) is 5.26. The molecule has 0 fully saturated rings. The van der Waals surface area contributed by atoms with Gasteiger partial charge in [-0.2, -0.15) is 0 Å². The van der Waals surface area contributed by atoms with E-state index in [2.05, 4.69) is 10.5 Å². The highest BCUT2D eigenvalue weighted by molar-refractivity contribution is 6.40. The van der Waals surface area contributed by atoms with Gasteiger partial charge >= 0.3 is 0 Å². The van der Waals surface area contributed by atoms with Crippen LogP contribution >= 0.6 is 23.2 Å². The fourth-order valence-corrected chi connectivity index (χ4v) is 2.71. The van der Waals surface area contributed by atoms with Crippen molar-refractivity contribution in [2.24, 2.45) is 0 Å². The summed E-state index contributed by atoms with van der Waals surface area (Å²) in [6.45, 7) is 1.69. The van der Waals surface area contributed by atoms with Crippen LogP contribution in [0.5, 0.6) is 5.75 Å². The van der Waals surface area contributed by atoms with Crippen molar-refractivity contribution in [3.63, 3.8) is 0 Å². The molecule has 0 unspecified atom stereocenters. The summed E-state index contributed by atoms with van der Waals surface area (Å²) in [6, 6.07) is 10.4. The van der Waals surface area contributed by atoms with Crippen LogP contribution in [0.2, 0.25) is 10.0 Å². The molecule has 134 valence electrons. The summed E-state index contributed by atoms with van der Waals surface area (Å²) in [6.07, 6.45) is 0. The van der Waals surface area contributed by atoms with Gasteiger partial charge in [-0.05, 0) is 43.3 Å². The van der Waals surface area contributed by atoms with Gasteiger partial charge in [-0.25, -0.2) is 4.39 Å². The van der Waals surface area contributed by atoms with E-state index in [0.717, 1.165) is 0 Å². The highest BCUT2D eigenvalue weighted by Gasteiger charge is 2.22. The number of halogens is 3. The third-order valence-corrected chi connectivity index (χ3v) is 4.23. The van der Waals surface area contributed by atoms with Gasteiger partial charge in [0.2, 0.25) is 0 Å². The molecule has 1 N–H and O–H groups in total. The monoisotopic (exact) mass is 394 g/mol. The Kier molecular flexibility index (Phi) is 5.44. The zero-order valence-corrected chi connectivity index (χ0v) is 15.1. The van der Waals surface area contributed by atoms with Crippen LogP contribution in [0, 0.1) is 12.7 Å². The Morgan fingerprint density at radius 1 is 1.19 bits per heavy atom. The molecular weight excluding hydrogens is 382 g/mol. The van der Waals surface area contributed by atoms with Gasteiger partial charge in [0, 0.05) is 0 Å². The molecule has 0 atom stereocenters. The molecule has 0 saturated heterocycles. The average Bonchev–Trinajstić information content (AvgIpc) is 2.98. The molecule has 5 nitrogen and oxygen atoms in total. The number of anilines is 1. The Morgan fingerprint density at radius 3 is 2.50 bits per heavy atom. The lowest BCUT2D eigenvalue weighted by molar-refractivity contribution is 0.101. The molecule has 8 heteroatoms. The van der Waals surface area contributed by atoms with Gasteiger partial charge in [-0.3, -0.25) is 4.79 Å². The van der Waals surface area contributed by atoms with Gasteiger partial charge in [0.15, 0.2) is 5.69 Å². The van der Waals surface area contributed by atoms with Gasteiger partial charge in [-0.15, -0.1) is 0 Å². The maximum absolute atomic E-state index is 13.0. The second-order valence-corrected chi connectivity index (χ2v) is 6.17. The minimum absolute atomic E-state index is 0.0278. The Morgan fingerprint density at radius 2 is 1.85 bits per heavy atom. The lowest BCUT2D eigenvalue weighted by atomic mass is 10.2. The molecule has 0 bridgehead atoms. The zero-order chi connectivity index (χ0) is 18.7. The Labute approximate surface area is 158 Å². The fourth-order valence-electron chi connectivity index (χ4n) is 2.22. The first-order valence-electron chi connectivity index (χ1n) is 7.54. The summed E-state index contributed by atoms with van der Waals surface area (Å²) in [5, 5.41) is 7.01. The molecular formula is C18H13Cl2FN2O3. The Balaban J connectivity index is 1.78. The van der Waals surface area contributed by atoms with Crippen LogP contribution in [0.15, 0.2) is 47.0 Å². The number of aromatic nitrogens is 1. The van der Waals surface area contributed by atoms with Crippen LogP contribution in [0.1, 0.15) is 21.8 Å². The number of hydrogen-bond acceptors (Lipinski definition) is 4. The summed E-state index contributed by atoms with van der Waals surface area (Å²) in [5.41, 5.74) is 0.808. The number of aryl methyl sites for hydroxylation is 1. The summed E-state index contributed by atoms with van der Waals surface area (Å²) in [7, 11) is 0. The molecule has 26 heavy (non-hydrogen) atoms. The molecule has 0 aliphatic heterocycles. The fraction of sp³-hybridized carbons (Fsp3) is 0.111. The Bertz CT molecular complexity index is 922. The second kappa shape index (κ2) is 7.76. The summed E-state index contributed by atoms with van der Waals surface area (Å²) in [4.78, 5) is 12.6. The second-order valence-electron chi connectivity index (χ2n) is 5.36. The number of nitrogens with one attached hydrogen (secondary N) is 1. The van der Waals surface area contributed by atoms with E-state index < -0.39 is 5.91 Å². The van der Waals surface area contributed by atoms with Gasteiger partial charge < -0.3 is 14.6 Å². The largest absolute Gasteiger partial charge is 0.489 e. The predicted molar refractivity (Wildman–Crippen MR) is 96.4 cm³/mol. The number of benzene rings is 2. The van der Waals surface area contributed by atoms with Crippen molar-refractivity contribution < 1.29 is 18.4 Å². The third-order valence-electron chi connectivity index (χ3n) is 3.60.